The third-order valence-electron chi connectivity index (χ3n) is 2.95. The first kappa shape index (κ1) is 12.2. The van der Waals surface area contributed by atoms with E-state index in [0.717, 1.165) is 16.7 Å². The Hall–Kier alpha value is -1.82. The maximum atomic E-state index is 11.5. The number of thioether (sulfide) groups is 1. The number of para-hydroxylation sites is 1. The van der Waals surface area contributed by atoms with Crippen molar-refractivity contribution < 1.29 is 9.53 Å². The highest BCUT2D eigenvalue weighted by Crippen LogP contribution is 2.30. The van der Waals surface area contributed by atoms with Crippen LogP contribution < -0.4 is 5.32 Å². The first-order chi connectivity index (χ1) is 9.28. The van der Waals surface area contributed by atoms with E-state index in [1.165, 1.54) is 11.8 Å². The zero-order valence-corrected chi connectivity index (χ0v) is 11.2. The van der Waals surface area contributed by atoms with Crippen LogP contribution in [0.1, 0.15) is 6.42 Å². The van der Waals surface area contributed by atoms with E-state index in [2.05, 4.69) is 15.3 Å². The van der Waals surface area contributed by atoms with Crippen LogP contribution in [0.2, 0.25) is 0 Å². The summed E-state index contributed by atoms with van der Waals surface area (Å²) in [6.45, 7) is 0.489. The maximum absolute atomic E-state index is 11.5. The lowest BCUT2D eigenvalue weighted by molar-refractivity contribution is -0.137. The van der Waals surface area contributed by atoms with Crippen molar-refractivity contribution in [3.63, 3.8) is 0 Å². The molecule has 1 saturated heterocycles. The lowest BCUT2D eigenvalue weighted by Gasteiger charge is -2.09. The molecule has 3 rings (SSSR count). The first-order valence-electron chi connectivity index (χ1n) is 6.06. The highest BCUT2D eigenvalue weighted by atomic mass is 32.2. The third-order valence-corrected chi connectivity index (χ3v) is 4.06. The molecule has 0 bridgehead atoms. The lowest BCUT2D eigenvalue weighted by atomic mass is 10.2. The van der Waals surface area contributed by atoms with Gasteiger partial charge in [0.2, 0.25) is 0 Å². The van der Waals surface area contributed by atoms with E-state index < -0.39 is 0 Å². The number of hydrogen-bond acceptors (Lipinski definition) is 6. The summed E-state index contributed by atoms with van der Waals surface area (Å²) in [6.07, 6.45) is 0.717. The number of esters is 1. The number of anilines is 1. The zero-order valence-electron chi connectivity index (χ0n) is 10.4. The fraction of sp³-hybridized carbons (Fsp3) is 0.308. The van der Waals surface area contributed by atoms with E-state index in [0.29, 0.717) is 18.2 Å². The number of hydrogen-bond donors (Lipinski definition) is 1. The molecule has 1 aliphatic rings. The lowest BCUT2D eigenvalue weighted by Crippen LogP contribution is -2.10. The second kappa shape index (κ2) is 5.05. The summed E-state index contributed by atoms with van der Waals surface area (Å²) < 4.78 is 4.95. The van der Waals surface area contributed by atoms with Gasteiger partial charge in [-0.3, -0.25) is 4.79 Å². The molecule has 0 unspecified atom stereocenters. The smallest absolute Gasteiger partial charge is 0.319 e. The van der Waals surface area contributed by atoms with Gasteiger partial charge in [0, 0.05) is 18.9 Å². The van der Waals surface area contributed by atoms with Crippen LogP contribution in [0.15, 0.2) is 29.4 Å². The summed E-state index contributed by atoms with van der Waals surface area (Å²) in [5, 5.41) is 4.46. The molecule has 1 aromatic heterocycles. The van der Waals surface area contributed by atoms with Crippen molar-refractivity contribution in [2.45, 2.75) is 16.8 Å². The maximum Gasteiger partial charge on any atom is 0.319 e. The standard InChI is InChI=1S/C13H13N3O2S/c1-14-11-8-4-2-3-5-9(8)15-13(16-11)19-10-6-7-18-12(10)17/h2-5,10H,6-7H2,1H3,(H,14,15,16)/t10-/m1/s1. The van der Waals surface area contributed by atoms with Crippen LogP contribution in [-0.2, 0) is 9.53 Å². The SMILES string of the molecule is CNc1nc(S[C@@H]2CCOC2=O)nc2ccccc12. The van der Waals surface area contributed by atoms with Gasteiger partial charge in [0.25, 0.3) is 0 Å². The number of ether oxygens (including phenoxy) is 1. The Labute approximate surface area is 114 Å². The molecule has 19 heavy (non-hydrogen) atoms. The topological polar surface area (TPSA) is 64.1 Å². The van der Waals surface area contributed by atoms with Crippen molar-refractivity contribution in [3.8, 4) is 0 Å². The van der Waals surface area contributed by atoms with E-state index in [1.807, 2.05) is 31.3 Å². The molecular weight excluding hydrogens is 262 g/mol. The predicted molar refractivity (Wildman–Crippen MR) is 74.3 cm³/mol. The van der Waals surface area contributed by atoms with E-state index >= 15 is 0 Å². The summed E-state index contributed by atoms with van der Waals surface area (Å²) >= 11 is 1.37. The summed E-state index contributed by atoms with van der Waals surface area (Å²) in [5.41, 5.74) is 0.871. The molecule has 98 valence electrons. The number of carbonyl (C=O) groups excluding carboxylic acids is 1. The van der Waals surface area contributed by atoms with Crippen molar-refractivity contribution in [3.05, 3.63) is 24.3 Å². The van der Waals surface area contributed by atoms with Gasteiger partial charge in [-0.2, -0.15) is 0 Å². The number of nitrogens with one attached hydrogen (secondary N) is 1. The molecule has 6 heteroatoms. The second-order valence-electron chi connectivity index (χ2n) is 4.18. The van der Waals surface area contributed by atoms with Crippen LogP contribution in [0.25, 0.3) is 10.9 Å². The summed E-state index contributed by atoms with van der Waals surface area (Å²) in [5.74, 6) is 0.604. The van der Waals surface area contributed by atoms with E-state index in [4.69, 9.17) is 4.74 Å². The molecule has 2 heterocycles. The Bertz CT molecular complexity index is 632. The predicted octanol–water partition coefficient (Wildman–Crippen LogP) is 2.08. The van der Waals surface area contributed by atoms with E-state index in [1.54, 1.807) is 0 Å². The van der Waals surface area contributed by atoms with Gasteiger partial charge in [-0.1, -0.05) is 23.9 Å². The van der Waals surface area contributed by atoms with Gasteiger partial charge in [0.05, 0.1) is 12.1 Å². The monoisotopic (exact) mass is 275 g/mol. The molecule has 0 saturated carbocycles. The molecule has 1 N–H and O–H groups in total. The van der Waals surface area contributed by atoms with Gasteiger partial charge in [-0.25, -0.2) is 9.97 Å². The van der Waals surface area contributed by atoms with Gasteiger partial charge in [0.15, 0.2) is 5.16 Å². The second-order valence-corrected chi connectivity index (χ2v) is 5.35. The number of nitrogens with zero attached hydrogens (tertiary/aromatic N) is 2. The largest absolute Gasteiger partial charge is 0.465 e. The van der Waals surface area contributed by atoms with Gasteiger partial charge in [-0.15, -0.1) is 0 Å². The molecule has 2 aromatic rings. The Morgan fingerprint density at radius 3 is 2.95 bits per heavy atom. The molecule has 1 aromatic carbocycles. The molecule has 1 fully saturated rings. The fourth-order valence-corrected chi connectivity index (χ4v) is 2.94. The number of rotatable bonds is 3. The third kappa shape index (κ3) is 2.35. The number of carbonyl (C=O) groups is 1. The normalized spacial score (nSPS) is 18.6. The Morgan fingerprint density at radius 2 is 2.21 bits per heavy atom. The minimum absolute atomic E-state index is 0.173. The fourth-order valence-electron chi connectivity index (χ4n) is 2.01. The van der Waals surface area contributed by atoms with Crippen molar-refractivity contribution in [1.29, 1.82) is 0 Å². The minimum atomic E-state index is -0.189. The van der Waals surface area contributed by atoms with Crippen LogP contribution in [0.3, 0.4) is 0 Å². The highest BCUT2D eigenvalue weighted by Gasteiger charge is 2.28. The zero-order chi connectivity index (χ0) is 13.2. The average Bonchev–Trinajstić information content (AvgIpc) is 2.83. The molecule has 1 atom stereocenters. The van der Waals surface area contributed by atoms with Crippen LogP contribution in [-0.4, -0.2) is 34.8 Å². The summed E-state index contributed by atoms with van der Waals surface area (Å²) in [7, 11) is 1.83. The number of fused-ring (bicyclic) bond motifs is 1. The quantitative estimate of drug-likeness (QED) is 0.683. The van der Waals surface area contributed by atoms with Crippen LogP contribution >= 0.6 is 11.8 Å². The molecular formula is C13H13N3O2S. The van der Waals surface area contributed by atoms with Crippen molar-refractivity contribution >= 4 is 34.5 Å². The number of cyclic esters (lactones) is 1. The summed E-state index contributed by atoms with van der Waals surface area (Å²) in [6, 6.07) is 7.80. The minimum Gasteiger partial charge on any atom is -0.465 e. The van der Waals surface area contributed by atoms with E-state index in [-0.39, 0.29) is 11.2 Å². The Kier molecular flexibility index (Phi) is 3.25. The molecule has 0 spiro atoms. The van der Waals surface area contributed by atoms with Gasteiger partial charge in [-0.05, 0) is 12.1 Å². The summed E-state index contributed by atoms with van der Waals surface area (Å²) in [4.78, 5) is 20.4. The average molecular weight is 275 g/mol. The van der Waals surface area contributed by atoms with Crippen molar-refractivity contribution in [2.75, 3.05) is 19.0 Å². The van der Waals surface area contributed by atoms with Crippen LogP contribution in [0.5, 0.6) is 0 Å². The van der Waals surface area contributed by atoms with Crippen LogP contribution in [0.4, 0.5) is 5.82 Å². The van der Waals surface area contributed by atoms with Gasteiger partial charge < -0.3 is 10.1 Å². The van der Waals surface area contributed by atoms with Crippen molar-refractivity contribution in [2.24, 2.45) is 0 Å². The van der Waals surface area contributed by atoms with Crippen molar-refractivity contribution in [1.82, 2.24) is 9.97 Å². The Morgan fingerprint density at radius 1 is 1.37 bits per heavy atom. The first-order valence-corrected chi connectivity index (χ1v) is 6.94. The molecule has 0 radical (unpaired) electrons. The van der Waals surface area contributed by atoms with Gasteiger partial charge >= 0.3 is 5.97 Å². The molecule has 0 amide bonds. The van der Waals surface area contributed by atoms with Crippen LogP contribution in [0, 0.1) is 0 Å². The number of aromatic nitrogens is 2. The molecule has 0 aliphatic carbocycles. The molecule has 1 aliphatic heterocycles. The highest BCUT2D eigenvalue weighted by molar-refractivity contribution is 8.00. The molecule has 5 nitrogen and oxygen atoms in total. The number of benzene rings is 1. The van der Waals surface area contributed by atoms with Gasteiger partial charge in [0.1, 0.15) is 11.1 Å². The van der Waals surface area contributed by atoms with E-state index in [9.17, 15) is 4.79 Å². The Balaban J connectivity index is 1.97.